The topological polar surface area (TPSA) is 46.0 Å². The van der Waals surface area contributed by atoms with Crippen molar-refractivity contribution in [2.45, 2.75) is 31.3 Å². The molecule has 0 spiro atoms. The summed E-state index contributed by atoms with van der Waals surface area (Å²) in [6.07, 6.45) is 4.88. The number of rotatable bonds is 6. The number of unbranched alkanes of at least 4 members (excludes halogenated alkanes) is 2. The van der Waals surface area contributed by atoms with Crippen molar-refractivity contribution in [3.8, 4) is 0 Å². The Balaban J connectivity index is 2.18. The molecule has 0 aliphatic rings. The van der Waals surface area contributed by atoms with Crippen molar-refractivity contribution >= 4 is 11.8 Å². The van der Waals surface area contributed by atoms with Crippen molar-refractivity contribution in [2.75, 3.05) is 12.4 Å². The maximum atomic E-state index is 8.59. The minimum absolute atomic E-state index is 0.297. The van der Waals surface area contributed by atoms with Crippen LogP contribution in [0.3, 0.4) is 0 Å². The minimum atomic E-state index is 0.297. The van der Waals surface area contributed by atoms with Gasteiger partial charge in [-0.15, -0.1) is 0 Å². The van der Waals surface area contributed by atoms with E-state index in [2.05, 4.69) is 9.97 Å². The molecule has 1 heterocycles. The standard InChI is InChI=1S/C10H16N2OS/c1-9-5-6-11-10(12-9)14-8-4-2-3-7-13/h5-6,13H,2-4,7-8H2,1H3. The molecule has 1 aromatic rings. The summed E-state index contributed by atoms with van der Waals surface area (Å²) in [5.41, 5.74) is 1.01. The van der Waals surface area contributed by atoms with Gasteiger partial charge >= 0.3 is 0 Å². The van der Waals surface area contributed by atoms with Gasteiger partial charge in [-0.3, -0.25) is 0 Å². The lowest BCUT2D eigenvalue weighted by atomic mass is 10.3. The molecule has 0 aromatic carbocycles. The van der Waals surface area contributed by atoms with E-state index in [4.69, 9.17) is 5.11 Å². The van der Waals surface area contributed by atoms with Crippen LogP contribution in [0.25, 0.3) is 0 Å². The third-order valence-electron chi connectivity index (χ3n) is 1.81. The van der Waals surface area contributed by atoms with E-state index in [-0.39, 0.29) is 0 Å². The van der Waals surface area contributed by atoms with Crippen molar-refractivity contribution in [1.82, 2.24) is 9.97 Å². The lowest BCUT2D eigenvalue weighted by Gasteiger charge is -2.00. The van der Waals surface area contributed by atoms with Crippen molar-refractivity contribution in [3.05, 3.63) is 18.0 Å². The summed E-state index contributed by atoms with van der Waals surface area (Å²) in [7, 11) is 0. The summed E-state index contributed by atoms with van der Waals surface area (Å²) in [5, 5.41) is 9.44. The highest BCUT2D eigenvalue weighted by Gasteiger charge is 1.97. The molecule has 4 heteroatoms. The average molecular weight is 212 g/mol. The Kier molecular flexibility index (Phi) is 5.56. The third kappa shape index (κ3) is 4.58. The third-order valence-corrected chi connectivity index (χ3v) is 2.75. The molecule has 1 N–H and O–H groups in total. The van der Waals surface area contributed by atoms with Gasteiger partial charge in [0.25, 0.3) is 0 Å². The van der Waals surface area contributed by atoms with Crippen LogP contribution in [0.5, 0.6) is 0 Å². The summed E-state index contributed by atoms with van der Waals surface area (Å²) >= 11 is 1.68. The van der Waals surface area contributed by atoms with Gasteiger partial charge in [0, 0.05) is 24.3 Å². The Morgan fingerprint density at radius 3 is 2.93 bits per heavy atom. The zero-order valence-electron chi connectivity index (χ0n) is 8.44. The van der Waals surface area contributed by atoms with Gasteiger partial charge in [-0.1, -0.05) is 18.2 Å². The van der Waals surface area contributed by atoms with Crippen LogP contribution in [0.15, 0.2) is 17.4 Å². The van der Waals surface area contributed by atoms with E-state index in [0.29, 0.717) is 6.61 Å². The second kappa shape index (κ2) is 6.79. The molecule has 0 unspecified atom stereocenters. The Bertz CT molecular complexity index is 268. The van der Waals surface area contributed by atoms with Crippen molar-refractivity contribution in [2.24, 2.45) is 0 Å². The van der Waals surface area contributed by atoms with Gasteiger partial charge in [-0.25, -0.2) is 9.97 Å². The van der Waals surface area contributed by atoms with Crippen LogP contribution in [0, 0.1) is 6.92 Å². The second-order valence-electron chi connectivity index (χ2n) is 3.11. The number of hydrogen-bond acceptors (Lipinski definition) is 4. The smallest absolute Gasteiger partial charge is 0.187 e. The van der Waals surface area contributed by atoms with Gasteiger partial charge in [0.1, 0.15) is 0 Å². The number of aryl methyl sites for hydroxylation is 1. The molecule has 0 atom stereocenters. The summed E-state index contributed by atoms with van der Waals surface area (Å²) in [6, 6.07) is 1.90. The fraction of sp³-hybridized carbons (Fsp3) is 0.600. The molecular formula is C10H16N2OS. The molecule has 0 fully saturated rings. The number of hydrogen-bond donors (Lipinski definition) is 1. The van der Waals surface area contributed by atoms with Crippen molar-refractivity contribution < 1.29 is 5.11 Å². The summed E-state index contributed by atoms with van der Waals surface area (Å²) in [4.78, 5) is 8.45. The van der Waals surface area contributed by atoms with E-state index in [0.717, 1.165) is 35.9 Å². The maximum absolute atomic E-state index is 8.59. The molecule has 3 nitrogen and oxygen atoms in total. The number of aliphatic hydroxyl groups is 1. The first-order valence-electron chi connectivity index (χ1n) is 4.86. The maximum Gasteiger partial charge on any atom is 0.187 e. The first-order valence-corrected chi connectivity index (χ1v) is 5.85. The Morgan fingerprint density at radius 2 is 2.21 bits per heavy atom. The lowest BCUT2D eigenvalue weighted by molar-refractivity contribution is 0.284. The van der Waals surface area contributed by atoms with Gasteiger partial charge in [-0.05, 0) is 25.8 Å². The SMILES string of the molecule is Cc1ccnc(SCCCCCO)n1. The number of aliphatic hydroxyl groups excluding tert-OH is 1. The molecule has 0 saturated carbocycles. The zero-order valence-corrected chi connectivity index (χ0v) is 9.26. The predicted molar refractivity (Wildman–Crippen MR) is 58.4 cm³/mol. The van der Waals surface area contributed by atoms with E-state index in [1.165, 1.54) is 0 Å². The Labute approximate surface area is 89.0 Å². The Hall–Kier alpha value is -0.610. The monoisotopic (exact) mass is 212 g/mol. The van der Waals surface area contributed by atoms with Crippen LogP contribution in [0.4, 0.5) is 0 Å². The molecule has 0 saturated heterocycles. The molecule has 0 radical (unpaired) electrons. The molecule has 1 aromatic heterocycles. The van der Waals surface area contributed by atoms with E-state index >= 15 is 0 Å². The highest BCUT2D eigenvalue weighted by atomic mass is 32.2. The molecule has 14 heavy (non-hydrogen) atoms. The van der Waals surface area contributed by atoms with E-state index < -0.39 is 0 Å². The van der Waals surface area contributed by atoms with E-state index in [1.54, 1.807) is 18.0 Å². The summed E-state index contributed by atoms with van der Waals surface area (Å²) in [5.74, 6) is 1.03. The molecule has 0 aliphatic carbocycles. The zero-order chi connectivity index (χ0) is 10.2. The highest BCUT2D eigenvalue weighted by molar-refractivity contribution is 7.99. The minimum Gasteiger partial charge on any atom is -0.396 e. The van der Waals surface area contributed by atoms with E-state index in [1.807, 2.05) is 13.0 Å². The first-order chi connectivity index (χ1) is 6.83. The molecular weight excluding hydrogens is 196 g/mol. The number of nitrogens with zero attached hydrogens (tertiary/aromatic N) is 2. The van der Waals surface area contributed by atoms with Gasteiger partial charge in [0.2, 0.25) is 0 Å². The van der Waals surface area contributed by atoms with Gasteiger partial charge in [0.15, 0.2) is 5.16 Å². The molecule has 0 amide bonds. The molecule has 0 bridgehead atoms. The number of thioether (sulfide) groups is 1. The molecule has 0 aliphatic heterocycles. The van der Waals surface area contributed by atoms with Crippen LogP contribution in [0.2, 0.25) is 0 Å². The normalized spacial score (nSPS) is 10.4. The van der Waals surface area contributed by atoms with Crippen molar-refractivity contribution in [1.29, 1.82) is 0 Å². The van der Waals surface area contributed by atoms with Crippen LogP contribution in [-0.2, 0) is 0 Å². The average Bonchev–Trinajstić information content (AvgIpc) is 2.18. The summed E-state index contributed by atoms with van der Waals surface area (Å²) < 4.78 is 0. The quantitative estimate of drug-likeness (QED) is 0.445. The Morgan fingerprint density at radius 1 is 1.36 bits per heavy atom. The van der Waals surface area contributed by atoms with Gasteiger partial charge in [-0.2, -0.15) is 0 Å². The van der Waals surface area contributed by atoms with Gasteiger partial charge in [0.05, 0.1) is 0 Å². The highest BCUT2D eigenvalue weighted by Crippen LogP contribution is 2.14. The van der Waals surface area contributed by atoms with Crippen LogP contribution >= 0.6 is 11.8 Å². The fourth-order valence-corrected chi connectivity index (χ4v) is 1.92. The van der Waals surface area contributed by atoms with Gasteiger partial charge < -0.3 is 5.11 Å². The van der Waals surface area contributed by atoms with E-state index in [9.17, 15) is 0 Å². The summed E-state index contributed by atoms with van der Waals surface area (Å²) in [6.45, 7) is 2.27. The lowest BCUT2D eigenvalue weighted by Crippen LogP contribution is -1.90. The molecule has 1 rings (SSSR count). The number of aromatic nitrogens is 2. The first kappa shape index (κ1) is 11.5. The second-order valence-corrected chi connectivity index (χ2v) is 4.18. The van der Waals surface area contributed by atoms with Crippen LogP contribution < -0.4 is 0 Å². The van der Waals surface area contributed by atoms with Crippen LogP contribution in [-0.4, -0.2) is 27.4 Å². The fourth-order valence-electron chi connectivity index (χ4n) is 1.05. The van der Waals surface area contributed by atoms with Crippen molar-refractivity contribution in [3.63, 3.8) is 0 Å². The van der Waals surface area contributed by atoms with Crippen LogP contribution in [0.1, 0.15) is 25.0 Å². The molecule has 78 valence electrons. The largest absolute Gasteiger partial charge is 0.396 e. The predicted octanol–water partition coefficient (Wildman–Crippen LogP) is 2.04.